The molecule has 1 unspecified atom stereocenters. The molecular formula is C29H26ClN3O4S. The summed E-state index contributed by atoms with van der Waals surface area (Å²) in [6, 6.07) is 18.8. The van der Waals surface area contributed by atoms with Crippen LogP contribution >= 0.6 is 22.9 Å². The molecule has 5 rings (SSSR count). The SMILES string of the molecule is CCCOc1cccc(/C(O)=C2\C(=O)C(=O)N(c3nc4ccc(Cl)cc4s3)C2c2ccc(N(C)C)cc2)c1. The van der Waals surface area contributed by atoms with Crippen molar-refractivity contribution in [1.82, 2.24) is 4.98 Å². The van der Waals surface area contributed by atoms with Gasteiger partial charge >= 0.3 is 5.91 Å². The van der Waals surface area contributed by atoms with Gasteiger partial charge in [-0.2, -0.15) is 0 Å². The van der Waals surface area contributed by atoms with E-state index in [-0.39, 0.29) is 11.3 Å². The van der Waals surface area contributed by atoms with Crippen LogP contribution in [0.3, 0.4) is 0 Å². The molecule has 0 bridgehead atoms. The Balaban J connectivity index is 1.68. The number of benzene rings is 3. The number of halogens is 1. The highest BCUT2D eigenvalue weighted by Gasteiger charge is 2.48. The first-order valence-corrected chi connectivity index (χ1v) is 13.4. The number of aliphatic hydroxyl groups is 1. The summed E-state index contributed by atoms with van der Waals surface area (Å²) in [4.78, 5) is 35.0. The Kier molecular flexibility index (Phi) is 7.10. The standard InChI is InChI=1S/C29H26ClN3O4S/c1-4-14-37-21-7-5-6-18(15-21)26(34)24-25(17-8-11-20(12-9-17)32(2)3)33(28(36)27(24)35)29-31-22-13-10-19(30)16-23(22)38-29/h5-13,15-16,25,34H,4,14H2,1-3H3/b26-24+. The largest absolute Gasteiger partial charge is 0.507 e. The minimum atomic E-state index is -0.873. The van der Waals surface area contributed by atoms with Crippen molar-refractivity contribution in [3.05, 3.63) is 88.5 Å². The lowest BCUT2D eigenvalue weighted by molar-refractivity contribution is -0.132. The van der Waals surface area contributed by atoms with E-state index in [1.165, 1.54) is 16.2 Å². The first-order valence-electron chi connectivity index (χ1n) is 12.2. The van der Waals surface area contributed by atoms with E-state index in [2.05, 4.69) is 4.98 Å². The number of rotatable bonds is 7. The Hall–Kier alpha value is -3.88. The number of aliphatic hydroxyl groups excluding tert-OH is 1. The molecule has 9 heteroatoms. The smallest absolute Gasteiger partial charge is 0.301 e. The van der Waals surface area contributed by atoms with Gasteiger partial charge in [0.05, 0.1) is 28.4 Å². The van der Waals surface area contributed by atoms with E-state index < -0.39 is 17.7 Å². The van der Waals surface area contributed by atoms with Crippen LogP contribution in [0, 0.1) is 0 Å². The monoisotopic (exact) mass is 547 g/mol. The maximum atomic E-state index is 13.5. The zero-order chi connectivity index (χ0) is 27.0. The van der Waals surface area contributed by atoms with Crippen LogP contribution in [-0.4, -0.2) is 42.5 Å². The van der Waals surface area contributed by atoms with Crippen LogP contribution in [-0.2, 0) is 9.59 Å². The Morgan fingerprint density at radius 3 is 2.58 bits per heavy atom. The van der Waals surface area contributed by atoms with E-state index in [9.17, 15) is 14.7 Å². The number of ketones is 1. The molecule has 1 aliphatic rings. The molecule has 1 amide bonds. The fraction of sp³-hybridized carbons (Fsp3) is 0.207. The van der Waals surface area contributed by atoms with Gasteiger partial charge in [0, 0.05) is 30.4 Å². The topological polar surface area (TPSA) is 83.0 Å². The van der Waals surface area contributed by atoms with Crippen LogP contribution in [0.5, 0.6) is 5.75 Å². The van der Waals surface area contributed by atoms with Crippen LogP contribution in [0.15, 0.2) is 72.3 Å². The summed E-state index contributed by atoms with van der Waals surface area (Å²) in [5.74, 6) is -1.23. The van der Waals surface area contributed by atoms with E-state index in [0.717, 1.165) is 16.8 Å². The summed E-state index contributed by atoms with van der Waals surface area (Å²) < 4.78 is 6.51. The molecule has 0 radical (unpaired) electrons. The highest BCUT2D eigenvalue weighted by Crippen LogP contribution is 2.45. The number of thiazole rings is 1. The normalized spacial score (nSPS) is 16.8. The van der Waals surface area contributed by atoms with Gasteiger partial charge in [0.15, 0.2) is 5.13 Å². The van der Waals surface area contributed by atoms with Crippen LogP contribution in [0.4, 0.5) is 10.8 Å². The van der Waals surface area contributed by atoms with Crippen LogP contribution in [0.25, 0.3) is 16.0 Å². The van der Waals surface area contributed by atoms with Crippen molar-refractivity contribution in [2.45, 2.75) is 19.4 Å². The van der Waals surface area contributed by atoms with Gasteiger partial charge < -0.3 is 14.7 Å². The third kappa shape index (κ3) is 4.73. The molecule has 0 saturated carbocycles. The maximum absolute atomic E-state index is 13.5. The average molecular weight is 548 g/mol. The number of hydrogen-bond acceptors (Lipinski definition) is 7. The van der Waals surface area contributed by atoms with Gasteiger partial charge in [0.25, 0.3) is 5.78 Å². The lowest BCUT2D eigenvalue weighted by Crippen LogP contribution is -2.29. The predicted octanol–water partition coefficient (Wildman–Crippen LogP) is 6.43. The third-order valence-electron chi connectivity index (χ3n) is 6.30. The van der Waals surface area contributed by atoms with E-state index >= 15 is 0 Å². The molecule has 0 spiro atoms. The highest BCUT2D eigenvalue weighted by atomic mass is 35.5. The van der Waals surface area contributed by atoms with E-state index in [1.807, 2.05) is 50.2 Å². The van der Waals surface area contributed by atoms with Crippen molar-refractivity contribution in [3.8, 4) is 5.75 Å². The van der Waals surface area contributed by atoms with Crippen molar-refractivity contribution in [1.29, 1.82) is 0 Å². The second-order valence-electron chi connectivity index (χ2n) is 9.14. The number of Topliss-reactive ketones (excluding diaryl/α,β-unsaturated/α-hetero) is 1. The molecular weight excluding hydrogens is 522 g/mol. The van der Waals surface area contributed by atoms with Gasteiger partial charge in [0.1, 0.15) is 11.5 Å². The summed E-state index contributed by atoms with van der Waals surface area (Å²) in [5, 5.41) is 12.4. The second-order valence-corrected chi connectivity index (χ2v) is 10.6. The number of ether oxygens (including phenoxy) is 1. The number of hydrogen-bond donors (Lipinski definition) is 1. The number of fused-ring (bicyclic) bond motifs is 1. The van der Waals surface area contributed by atoms with Crippen molar-refractivity contribution in [2.24, 2.45) is 0 Å². The molecule has 7 nitrogen and oxygen atoms in total. The molecule has 2 heterocycles. The van der Waals surface area contributed by atoms with E-state index in [4.69, 9.17) is 16.3 Å². The van der Waals surface area contributed by atoms with Crippen molar-refractivity contribution in [2.75, 3.05) is 30.5 Å². The van der Waals surface area contributed by atoms with Crippen LogP contribution in [0.1, 0.15) is 30.5 Å². The Bertz CT molecular complexity index is 1560. The van der Waals surface area contributed by atoms with E-state index in [1.54, 1.807) is 42.5 Å². The summed E-state index contributed by atoms with van der Waals surface area (Å²) in [6.07, 6.45) is 0.831. The van der Waals surface area contributed by atoms with Crippen molar-refractivity contribution in [3.63, 3.8) is 0 Å². The fourth-order valence-electron chi connectivity index (χ4n) is 4.40. The van der Waals surface area contributed by atoms with Crippen LogP contribution < -0.4 is 14.5 Å². The molecule has 38 heavy (non-hydrogen) atoms. The molecule has 194 valence electrons. The zero-order valence-corrected chi connectivity index (χ0v) is 22.7. The Morgan fingerprint density at radius 1 is 1.11 bits per heavy atom. The van der Waals surface area contributed by atoms with Gasteiger partial charge in [-0.15, -0.1) is 0 Å². The quantitative estimate of drug-likeness (QED) is 0.163. The first-order chi connectivity index (χ1) is 18.3. The maximum Gasteiger partial charge on any atom is 0.301 e. The van der Waals surface area contributed by atoms with Crippen molar-refractivity contribution >= 4 is 61.4 Å². The molecule has 1 atom stereocenters. The summed E-state index contributed by atoms with van der Waals surface area (Å²) in [6.45, 7) is 2.53. The molecule has 1 aromatic heterocycles. The number of aromatic nitrogens is 1. The number of carbonyl (C=O) groups is 2. The summed E-state index contributed by atoms with van der Waals surface area (Å²) in [7, 11) is 3.86. The van der Waals surface area contributed by atoms with Gasteiger partial charge in [-0.3, -0.25) is 14.5 Å². The Labute approximate surface area is 229 Å². The summed E-state index contributed by atoms with van der Waals surface area (Å²) >= 11 is 7.44. The fourth-order valence-corrected chi connectivity index (χ4v) is 5.67. The van der Waals surface area contributed by atoms with E-state index in [0.29, 0.717) is 39.2 Å². The minimum Gasteiger partial charge on any atom is -0.507 e. The lowest BCUT2D eigenvalue weighted by Gasteiger charge is -2.23. The molecule has 3 aromatic carbocycles. The summed E-state index contributed by atoms with van der Waals surface area (Å²) in [5.41, 5.74) is 2.69. The highest BCUT2D eigenvalue weighted by molar-refractivity contribution is 7.22. The molecule has 0 aliphatic carbocycles. The molecule has 1 N–H and O–H groups in total. The van der Waals surface area contributed by atoms with Crippen LogP contribution in [0.2, 0.25) is 5.02 Å². The second kappa shape index (κ2) is 10.5. The number of nitrogens with zero attached hydrogens (tertiary/aromatic N) is 3. The molecule has 1 fully saturated rings. The number of anilines is 2. The predicted molar refractivity (Wildman–Crippen MR) is 152 cm³/mol. The molecule has 1 saturated heterocycles. The molecule has 4 aromatic rings. The number of amides is 1. The van der Waals surface area contributed by atoms with Gasteiger partial charge in [-0.25, -0.2) is 4.98 Å². The van der Waals surface area contributed by atoms with Crippen molar-refractivity contribution < 1.29 is 19.4 Å². The average Bonchev–Trinajstić information content (AvgIpc) is 3.44. The third-order valence-corrected chi connectivity index (χ3v) is 7.55. The molecule has 1 aliphatic heterocycles. The van der Waals surface area contributed by atoms with Gasteiger partial charge in [0.2, 0.25) is 0 Å². The number of carbonyl (C=O) groups excluding carboxylic acids is 2. The Morgan fingerprint density at radius 2 is 1.87 bits per heavy atom. The van der Waals surface area contributed by atoms with Gasteiger partial charge in [-0.1, -0.05) is 54.1 Å². The zero-order valence-electron chi connectivity index (χ0n) is 21.1. The minimum absolute atomic E-state index is 0.00228. The first kappa shape index (κ1) is 25.8. The lowest BCUT2D eigenvalue weighted by atomic mass is 9.95. The van der Waals surface area contributed by atoms with Gasteiger partial charge in [-0.05, 0) is 54.4 Å².